The molecule has 2 N–H and O–H groups in total. The van der Waals surface area contributed by atoms with E-state index < -0.39 is 22.0 Å². The van der Waals surface area contributed by atoms with Gasteiger partial charge < -0.3 is 19.8 Å². The molecule has 0 unspecified atom stereocenters. The van der Waals surface area contributed by atoms with Gasteiger partial charge in [0, 0.05) is 6.54 Å². The van der Waals surface area contributed by atoms with Gasteiger partial charge in [0.05, 0.1) is 30.8 Å². The number of carboxylic acids is 2. The van der Waals surface area contributed by atoms with E-state index in [0.29, 0.717) is 24.6 Å². The molecular formula is C27H38N2O7S. The highest BCUT2D eigenvalue weighted by Crippen LogP contribution is 2.35. The molecule has 0 bridgehead atoms. The zero-order valence-electron chi connectivity index (χ0n) is 21.6. The van der Waals surface area contributed by atoms with E-state index in [-0.39, 0.29) is 18.6 Å². The lowest BCUT2D eigenvalue weighted by Gasteiger charge is -2.31. The number of hydrogen-bond donors (Lipinski definition) is 2. The summed E-state index contributed by atoms with van der Waals surface area (Å²) in [5, 5.41) is 15.8. The Hall–Kier alpha value is -3.11. The largest absolute Gasteiger partial charge is 0.489 e. The lowest BCUT2D eigenvalue weighted by molar-refractivity contribution is -0.143. The molecule has 1 aliphatic heterocycles. The van der Waals surface area contributed by atoms with Crippen molar-refractivity contribution in [1.82, 2.24) is 4.90 Å². The zero-order valence-corrected chi connectivity index (χ0v) is 22.5. The van der Waals surface area contributed by atoms with E-state index in [0.717, 1.165) is 50.0 Å². The first-order valence-corrected chi connectivity index (χ1v) is 14.2. The molecular weight excluding hydrogens is 496 g/mol. The summed E-state index contributed by atoms with van der Waals surface area (Å²) >= 11 is 0. The van der Waals surface area contributed by atoms with Crippen LogP contribution < -0.4 is 9.04 Å². The number of fused-ring (bicyclic) bond motifs is 1. The minimum Gasteiger partial charge on any atom is -0.489 e. The average Bonchev–Trinajstić information content (AvgIpc) is 2.86. The predicted octanol–water partition coefficient (Wildman–Crippen LogP) is 4.02. The van der Waals surface area contributed by atoms with Crippen molar-refractivity contribution in [3.63, 3.8) is 0 Å². The SMILES string of the molecule is CCCN(CCC)CCc1ccc2c(c1)N(S(=O)(=O)Cc1ccccc1)CCO2.O=C(O)CCC(=O)O. The molecule has 0 aliphatic carbocycles. The van der Waals surface area contributed by atoms with Crippen molar-refractivity contribution in [2.24, 2.45) is 0 Å². The molecule has 1 heterocycles. The highest BCUT2D eigenvalue weighted by atomic mass is 32.2. The third-order valence-corrected chi connectivity index (χ3v) is 7.47. The van der Waals surface area contributed by atoms with Gasteiger partial charge in [-0.2, -0.15) is 0 Å². The number of carboxylic acid groups (broad SMARTS) is 2. The molecule has 0 saturated carbocycles. The second kappa shape index (κ2) is 15.2. The first kappa shape index (κ1) is 30.1. The van der Waals surface area contributed by atoms with Crippen molar-refractivity contribution in [2.75, 3.05) is 37.1 Å². The molecule has 204 valence electrons. The van der Waals surface area contributed by atoms with Crippen LogP contribution in [0.4, 0.5) is 5.69 Å². The summed E-state index contributed by atoms with van der Waals surface area (Å²) in [7, 11) is -3.47. The Bertz CT molecular complexity index is 1090. The van der Waals surface area contributed by atoms with Crippen molar-refractivity contribution in [3.8, 4) is 5.75 Å². The van der Waals surface area contributed by atoms with Crippen molar-refractivity contribution in [2.45, 2.75) is 51.7 Å². The summed E-state index contributed by atoms with van der Waals surface area (Å²) in [5.74, 6) is -1.51. The predicted molar refractivity (Wildman–Crippen MR) is 144 cm³/mol. The van der Waals surface area contributed by atoms with Crippen molar-refractivity contribution in [1.29, 1.82) is 0 Å². The van der Waals surface area contributed by atoms with Gasteiger partial charge in [0.25, 0.3) is 0 Å². The number of hydrogen-bond acceptors (Lipinski definition) is 6. The van der Waals surface area contributed by atoms with Crippen LogP contribution in [0.15, 0.2) is 48.5 Å². The Morgan fingerprint density at radius 2 is 1.54 bits per heavy atom. The second-order valence-electron chi connectivity index (χ2n) is 8.84. The number of aliphatic carboxylic acids is 2. The number of benzene rings is 2. The van der Waals surface area contributed by atoms with Crippen LogP contribution in [0.1, 0.15) is 50.7 Å². The van der Waals surface area contributed by atoms with E-state index in [2.05, 4.69) is 24.8 Å². The summed E-state index contributed by atoms with van der Waals surface area (Å²) in [4.78, 5) is 21.8. The fourth-order valence-corrected chi connectivity index (χ4v) is 5.58. The highest BCUT2D eigenvalue weighted by molar-refractivity contribution is 7.92. The molecule has 0 fully saturated rings. The monoisotopic (exact) mass is 534 g/mol. The van der Waals surface area contributed by atoms with Gasteiger partial charge in [-0.1, -0.05) is 50.2 Å². The maximum atomic E-state index is 13.1. The molecule has 0 aromatic heterocycles. The Morgan fingerprint density at radius 3 is 2.11 bits per heavy atom. The number of nitrogens with zero attached hydrogens (tertiary/aromatic N) is 2. The molecule has 0 atom stereocenters. The molecule has 2 aromatic carbocycles. The van der Waals surface area contributed by atoms with E-state index in [4.69, 9.17) is 14.9 Å². The number of ether oxygens (including phenoxy) is 1. The maximum absolute atomic E-state index is 13.1. The number of carbonyl (C=O) groups is 2. The zero-order chi connectivity index (χ0) is 27.3. The molecule has 0 amide bonds. The Morgan fingerprint density at radius 1 is 0.919 bits per heavy atom. The fraction of sp³-hybridized carbons (Fsp3) is 0.481. The topological polar surface area (TPSA) is 124 Å². The van der Waals surface area contributed by atoms with Crippen LogP contribution in [0.2, 0.25) is 0 Å². The summed E-state index contributed by atoms with van der Waals surface area (Å²) in [6.45, 7) is 8.31. The molecule has 37 heavy (non-hydrogen) atoms. The van der Waals surface area contributed by atoms with Gasteiger partial charge in [-0.15, -0.1) is 0 Å². The van der Waals surface area contributed by atoms with Gasteiger partial charge in [-0.25, -0.2) is 8.42 Å². The maximum Gasteiger partial charge on any atom is 0.303 e. The van der Waals surface area contributed by atoms with Crippen LogP contribution in [0.5, 0.6) is 5.75 Å². The molecule has 3 rings (SSSR count). The van der Waals surface area contributed by atoms with Gasteiger partial charge in [-0.3, -0.25) is 13.9 Å². The van der Waals surface area contributed by atoms with Crippen molar-refractivity contribution >= 4 is 27.6 Å². The minimum atomic E-state index is -3.47. The van der Waals surface area contributed by atoms with E-state index in [1.165, 1.54) is 4.31 Å². The molecule has 0 radical (unpaired) electrons. The van der Waals surface area contributed by atoms with Crippen LogP contribution in [-0.2, 0) is 31.8 Å². The molecule has 10 heteroatoms. The lowest BCUT2D eigenvalue weighted by atomic mass is 10.1. The van der Waals surface area contributed by atoms with Crippen LogP contribution in [0.25, 0.3) is 0 Å². The average molecular weight is 535 g/mol. The molecule has 2 aromatic rings. The number of anilines is 1. The first-order chi connectivity index (χ1) is 17.7. The normalized spacial score (nSPS) is 12.8. The number of rotatable bonds is 13. The molecule has 9 nitrogen and oxygen atoms in total. The Kier molecular flexibility index (Phi) is 12.4. The van der Waals surface area contributed by atoms with Crippen molar-refractivity contribution < 1.29 is 33.0 Å². The quantitative estimate of drug-likeness (QED) is 0.395. The van der Waals surface area contributed by atoms with Gasteiger partial charge in [0.1, 0.15) is 12.4 Å². The summed E-state index contributed by atoms with van der Waals surface area (Å²) in [5.41, 5.74) is 2.61. The minimum absolute atomic E-state index is 0.00170. The molecule has 0 saturated heterocycles. The highest BCUT2D eigenvalue weighted by Gasteiger charge is 2.29. The summed E-state index contributed by atoms with van der Waals surface area (Å²) < 4.78 is 33.5. The van der Waals surface area contributed by atoms with Gasteiger partial charge in [0.15, 0.2) is 0 Å². The van der Waals surface area contributed by atoms with Gasteiger partial charge in [-0.05, 0) is 55.6 Å². The second-order valence-corrected chi connectivity index (χ2v) is 10.7. The van der Waals surface area contributed by atoms with Crippen LogP contribution in [0, 0.1) is 0 Å². The summed E-state index contributed by atoms with van der Waals surface area (Å²) in [6.07, 6.45) is 2.59. The fourth-order valence-electron chi connectivity index (χ4n) is 4.02. The Balaban J connectivity index is 0.000000521. The van der Waals surface area contributed by atoms with Crippen LogP contribution in [0.3, 0.4) is 0 Å². The third kappa shape index (κ3) is 10.4. The van der Waals surface area contributed by atoms with E-state index in [1.54, 1.807) is 0 Å². The third-order valence-electron chi connectivity index (χ3n) is 5.72. The number of sulfonamides is 1. The van der Waals surface area contributed by atoms with Crippen LogP contribution >= 0.6 is 0 Å². The lowest BCUT2D eigenvalue weighted by Crippen LogP contribution is -2.38. The summed E-state index contributed by atoms with van der Waals surface area (Å²) in [6, 6.07) is 15.3. The van der Waals surface area contributed by atoms with Crippen LogP contribution in [-0.4, -0.2) is 68.3 Å². The first-order valence-electron chi connectivity index (χ1n) is 12.6. The molecule has 1 aliphatic rings. The smallest absolute Gasteiger partial charge is 0.303 e. The van der Waals surface area contributed by atoms with Gasteiger partial charge >= 0.3 is 11.9 Å². The van der Waals surface area contributed by atoms with Crippen molar-refractivity contribution in [3.05, 3.63) is 59.7 Å². The van der Waals surface area contributed by atoms with E-state index in [1.807, 2.05) is 42.5 Å². The standard InChI is InChI=1S/C23H32N2O3S.C4H6O4/c1-3-13-24(14-4-2)15-12-20-10-11-23-22(18-20)25(16-17-28-23)29(26,27)19-21-8-6-5-7-9-21;5-3(6)1-2-4(7)8/h5-11,18H,3-4,12-17,19H2,1-2H3;1-2H2,(H,5,6)(H,7,8). The van der Waals surface area contributed by atoms with E-state index >= 15 is 0 Å². The van der Waals surface area contributed by atoms with E-state index in [9.17, 15) is 18.0 Å². The molecule has 0 spiro atoms. The van der Waals surface area contributed by atoms with Gasteiger partial charge in [0.2, 0.25) is 10.0 Å². The Labute approximate surface area is 219 Å².